The zero-order chi connectivity index (χ0) is 11.7. The van der Waals surface area contributed by atoms with Crippen molar-refractivity contribution in [2.75, 3.05) is 25.1 Å². The molecule has 5 N–H and O–H groups in total. The van der Waals surface area contributed by atoms with Crippen LogP contribution in [-0.4, -0.2) is 48.2 Å². The van der Waals surface area contributed by atoms with E-state index >= 15 is 0 Å². The van der Waals surface area contributed by atoms with Gasteiger partial charge in [0.15, 0.2) is 0 Å². The van der Waals surface area contributed by atoms with Crippen molar-refractivity contribution in [1.29, 1.82) is 0 Å². The number of carboxylic acid groups (broad SMARTS) is 1. The van der Waals surface area contributed by atoms with E-state index in [2.05, 4.69) is 10.6 Å². The number of nitrogens with one attached hydrogen (secondary N) is 2. The Hall–Kier alpha value is -0.950. The molecule has 2 amide bonds. The van der Waals surface area contributed by atoms with E-state index in [4.69, 9.17) is 10.8 Å². The van der Waals surface area contributed by atoms with Gasteiger partial charge in [0.2, 0.25) is 0 Å². The first-order chi connectivity index (χ1) is 7.11. The second-order valence-electron chi connectivity index (χ2n) is 2.86. The summed E-state index contributed by atoms with van der Waals surface area (Å²) in [4.78, 5) is 21.9. The molecule has 0 radical (unpaired) electrons. The molecule has 0 saturated heterocycles. The van der Waals surface area contributed by atoms with Gasteiger partial charge >= 0.3 is 12.0 Å². The van der Waals surface area contributed by atoms with Crippen LogP contribution < -0.4 is 16.4 Å². The van der Waals surface area contributed by atoms with Crippen LogP contribution in [0.3, 0.4) is 0 Å². The van der Waals surface area contributed by atoms with Crippen LogP contribution in [0.25, 0.3) is 0 Å². The van der Waals surface area contributed by atoms with Crippen LogP contribution in [0.15, 0.2) is 0 Å². The van der Waals surface area contributed by atoms with E-state index in [0.717, 1.165) is 0 Å². The van der Waals surface area contributed by atoms with Crippen LogP contribution in [0.4, 0.5) is 4.79 Å². The lowest BCUT2D eigenvalue weighted by molar-refractivity contribution is -0.139. The van der Waals surface area contributed by atoms with Crippen molar-refractivity contribution < 1.29 is 14.7 Å². The van der Waals surface area contributed by atoms with Crippen LogP contribution in [0.2, 0.25) is 0 Å². The Morgan fingerprint density at radius 3 is 2.67 bits per heavy atom. The summed E-state index contributed by atoms with van der Waals surface area (Å²) in [6.07, 6.45) is 2.29. The first-order valence-corrected chi connectivity index (χ1v) is 5.97. The summed E-state index contributed by atoms with van der Waals surface area (Å²) in [6, 6.07) is -1.33. The van der Waals surface area contributed by atoms with Gasteiger partial charge in [-0.15, -0.1) is 0 Å². The van der Waals surface area contributed by atoms with Gasteiger partial charge in [0.05, 0.1) is 0 Å². The molecule has 0 aliphatic carbocycles. The maximum Gasteiger partial charge on any atom is 0.326 e. The standard InChI is InChI=1S/C8H17N3O3S/c1-15-5-2-6(7(12)13)11-8(14)10-4-3-9/h6H,2-5,9H2,1H3,(H,12,13)(H2,10,11,14). The lowest BCUT2D eigenvalue weighted by atomic mass is 10.2. The number of aliphatic carboxylic acids is 1. The minimum absolute atomic E-state index is 0.329. The number of carbonyl (C=O) groups excluding carboxylic acids is 1. The third kappa shape index (κ3) is 7.03. The van der Waals surface area contributed by atoms with Gasteiger partial charge < -0.3 is 21.5 Å². The second kappa shape index (κ2) is 8.37. The van der Waals surface area contributed by atoms with Gasteiger partial charge in [0, 0.05) is 13.1 Å². The van der Waals surface area contributed by atoms with Gasteiger partial charge in [-0.05, 0) is 18.4 Å². The molecule has 0 bridgehead atoms. The van der Waals surface area contributed by atoms with E-state index in [9.17, 15) is 9.59 Å². The van der Waals surface area contributed by atoms with Crippen molar-refractivity contribution in [3.63, 3.8) is 0 Å². The number of urea groups is 1. The van der Waals surface area contributed by atoms with E-state index in [1.54, 1.807) is 0 Å². The Morgan fingerprint density at radius 2 is 2.20 bits per heavy atom. The highest BCUT2D eigenvalue weighted by Crippen LogP contribution is 2.00. The Labute approximate surface area is 93.0 Å². The van der Waals surface area contributed by atoms with Gasteiger partial charge in [0.1, 0.15) is 6.04 Å². The van der Waals surface area contributed by atoms with Crippen molar-refractivity contribution in [2.24, 2.45) is 5.73 Å². The molecule has 0 heterocycles. The summed E-state index contributed by atoms with van der Waals surface area (Å²) >= 11 is 1.54. The molecule has 0 saturated carbocycles. The number of nitrogens with two attached hydrogens (primary N) is 1. The Bertz CT molecular complexity index is 213. The first-order valence-electron chi connectivity index (χ1n) is 4.58. The Kier molecular flexibility index (Phi) is 7.84. The van der Waals surface area contributed by atoms with Crippen molar-refractivity contribution >= 4 is 23.8 Å². The van der Waals surface area contributed by atoms with Gasteiger partial charge in [-0.1, -0.05) is 0 Å². The fraction of sp³-hybridized carbons (Fsp3) is 0.750. The predicted molar refractivity (Wildman–Crippen MR) is 60.0 cm³/mol. The van der Waals surface area contributed by atoms with Crippen molar-refractivity contribution in [1.82, 2.24) is 10.6 Å². The second-order valence-corrected chi connectivity index (χ2v) is 3.85. The third-order valence-electron chi connectivity index (χ3n) is 1.64. The largest absolute Gasteiger partial charge is 0.480 e. The van der Waals surface area contributed by atoms with Crippen LogP contribution in [-0.2, 0) is 4.79 Å². The lowest BCUT2D eigenvalue weighted by Gasteiger charge is -2.14. The molecule has 6 nitrogen and oxygen atoms in total. The first kappa shape index (κ1) is 14.1. The van der Waals surface area contributed by atoms with Gasteiger partial charge in [-0.25, -0.2) is 9.59 Å². The number of carbonyl (C=O) groups is 2. The predicted octanol–water partition coefficient (Wildman–Crippen LogP) is -0.549. The van der Waals surface area contributed by atoms with Crippen LogP contribution in [0, 0.1) is 0 Å². The van der Waals surface area contributed by atoms with Crippen LogP contribution in [0.1, 0.15) is 6.42 Å². The Morgan fingerprint density at radius 1 is 1.53 bits per heavy atom. The SMILES string of the molecule is CSCCC(NC(=O)NCCN)C(=O)O. The molecule has 0 aliphatic heterocycles. The number of hydrogen-bond acceptors (Lipinski definition) is 4. The number of rotatable bonds is 7. The Balaban J connectivity index is 3.93. The molecule has 0 aliphatic rings. The minimum Gasteiger partial charge on any atom is -0.480 e. The molecule has 0 aromatic heterocycles. The number of amides is 2. The third-order valence-corrected chi connectivity index (χ3v) is 2.29. The molecular formula is C8H17N3O3S. The van der Waals surface area contributed by atoms with Crippen LogP contribution >= 0.6 is 11.8 Å². The molecule has 0 aromatic rings. The molecule has 0 fully saturated rings. The van der Waals surface area contributed by atoms with Crippen molar-refractivity contribution in [3.8, 4) is 0 Å². The monoisotopic (exact) mass is 235 g/mol. The number of carboxylic acids is 1. The molecule has 0 aromatic carbocycles. The van der Waals surface area contributed by atoms with Gasteiger partial charge in [0.25, 0.3) is 0 Å². The molecule has 0 spiro atoms. The van der Waals surface area contributed by atoms with Crippen molar-refractivity contribution in [2.45, 2.75) is 12.5 Å². The zero-order valence-electron chi connectivity index (χ0n) is 8.66. The van der Waals surface area contributed by atoms with Gasteiger partial charge in [-0.3, -0.25) is 0 Å². The van der Waals surface area contributed by atoms with E-state index < -0.39 is 18.0 Å². The van der Waals surface area contributed by atoms with Gasteiger partial charge in [-0.2, -0.15) is 11.8 Å². The fourth-order valence-electron chi connectivity index (χ4n) is 0.888. The number of thioether (sulfide) groups is 1. The molecule has 0 rings (SSSR count). The lowest BCUT2D eigenvalue weighted by Crippen LogP contribution is -2.47. The highest BCUT2D eigenvalue weighted by Gasteiger charge is 2.18. The fourth-order valence-corrected chi connectivity index (χ4v) is 1.36. The molecule has 15 heavy (non-hydrogen) atoms. The summed E-state index contributed by atoms with van der Waals surface area (Å²) < 4.78 is 0. The topological polar surface area (TPSA) is 104 Å². The summed E-state index contributed by atoms with van der Waals surface area (Å²) in [6.45, 7) is 0.663. The van der Waals surface area contributed by atoms with Crippen LogP contribution in [0.5, 0.6) is 0 Å². The van der Waals surface area contributed by atoms with E-state index in [1.165, 1.54) is 11.8 Å². The average Bonchev–Trinajstić information content (AvgIpc) is 2.20. The molecule has 1 unspecified atom stereocenters. The minimum atomic E-state index is -1.02. The normalized spacial score (nSPS) is 11.9. The molecule has 7 heteroatoms. The summed E-state index contributed by atoms with van der Waals surface area (Å²) in [5, 5.41) is 13.6. The van der Waals surface area contributed by atoms with E-state index in [-0.39, 0.29) is 0 Å². The molecule has 1 atom stereocenters. The zero-order valence-corrected chi connectivity index (χ0v) is 9.47. The average molecular weight is 235 g/mol. The summed E-state index contributed by atoms with van der Waals surface area (Å²) in [7, 11) is 0. The highest BCUT2D eigenvalue weighted by atomic mass is 32.2. The summed E-state index contributed by atoms with van der Waals surface area (Å²) in [5.41, 5.74) is 5.19. The smallest absolute Gasteiger partial charge is 0.326 e. The summed E-state index contributed by atoms with van der Waals surface area (Å²) in [5.74, 6) is -0.333. The quantitative estimate of drug-likeness (QED) is 0.474. The highest BCUT2D eigenvalue weighted by molar-refractivity contribution is 7.98. The maximum atomic E-state index is 11.1. The maximum absolute atomic E-state index is 11.1. The molecular weight excluding hydrogens is 218 g/mol. The van der Waals surface area contributed by atoms with E-state index in [1.807, 2.05) is 6.26 Å². The van der Waals surface area contributed by atoms with E-state index in [0.29, 0.717) is 25.3 Å². The molecule has 88 valence electrons. The number of hydrogen-bond donors (Lipinski definition) is 4. The van der Waals surface area contributed by atoms with Crippen molar-refractivity contribution in [3.05, 3.63) is 0 Å².